The fraction of sp³-hybridized carbons (Fsp3) is 0.818. The van der Waals surface area contributed by atoms with Gasteiger partial charge < -0.3 is 10.6 Å². The number of amides is 1. The standard InChI is InChI=1S/C11H18N2OS/c12-10(15)6-7-13(9-4-5-9)11(14)8-2-1-3-8/h8-9H,1-7H2,(H2,12,15). The number of rotatable bonds is 5. The number of hydrogen-bond acceptors (Lipinski definition) is 2. The first-order chi connectivity index (χ1) is 7.18. The lowest BCUT2D eigenvalue weighted by Crippen LogP contribution is -2.41. The second-order valence-electron chi connectivity index (χ2n) is 4.61. The third kappa shape index (κ3) is 2.68. The van der Waals surface area contributed by atoms with Crippen molar-refractivity contribution in [1.82, 2.24) is 4.90 Å². The van der Waals surface area contributed by atoms with Gasteiger partial charge in [-0.3, -0.25) is 4.79 Å². The Morgan fingerprint density at radius 3 is 2.40 bits per heavy atom. The summed E-state index contributed by atoms with van der Waals surface area (Å²) in [4.78, 5) is 14.6. The molecule has 0 radical (unpaired) electrons. The average Bonchev–Trinajstić information content (AvgIpc) is 2.84. The number of thiocarbonyl (C=S) groups is 1. The zero-order valence-corrected chi connectivity index (χ0v) is 9.76. The number of nitrogens with zero attached hydrogens (tertiary/aromatic N) is 1. The molecule has 3 nitrogen and oxygen atoms in total. The van der Waals surface area contributed by atoms with E-state index in [2.05, 4.69) is 0 Å². The van der Waals surface area contributed by atoms with Crippen LogP contribution < -0.4 is 5.73 Å². The molecule has 0 saturated heterocycles. The maximum absolute atomic E-state index is 12.1. The molecule has 1 amide bonds. The van der Waals surface area contributed by atoms with Crippen LogP contribution in [-0.4, -0.2) is 28.4 Å². The molecular weight excluding hydrogens is 208 g/mol. The van der Waals surface area contributed by atoms with Crippen molar-refractivity contribution in [3.8, 4) is 0 Å². The summed E-state index contributed by atoms with van der Waals surface area (Å²) in [7, 11) is 0. The van der Waals surface area contributed by atoms with Gasteiger partial charge in [-0.2, -0.15) is 0 Å². The van der Waals surface area contributed by atoms with Gasteiger partial charge in [0.05, 0.1) is 4.99 Å². The molecule has 2 rings (SSSR count). The highest BCUT2D eigenvalue weighted by molar-refractivity contribution is 7.80. The van der Waals surface area contributed by atoms with Crippen LogP contribution in [0.3, 0.4) is 0 Å². The molecule has 2 saturated carbocycles. The lowest BCUT2D eigenvalue weighted by Gasteiger charge is -2.31. The highest BCUT2D eigenvalue weighted by atomic mass is 32.1. The van der Waals surface area contributed by atoms with Crippen molar-refractivity contribution in [2.45, 2.75) is 44.6 Å². The summed E-state index contributed by atoms with van der Waals surface area (Å²) in [5.41, 5.74) is 5.48. The molecule has 0 aromatic rings. The fourth-order valence-electron chi connectivity index (χ4n) is 1.98. The zero-order chi connectivity index (χ0) is 10.8. The van der Waals surface area contributed by atoms with E-state index in [-0.39, 0.29) is 0 Å². The third-order valence-electron chi connectivity index (χ3n) is 3.32. The predicted molar refractivity (Wildman–Crippen MR) is 63.5 cm³/mol. The maximum atomic E-state index is 12.1. The SMILES string of the molecule is NC(=S)CCN(C(=O)C1CCC1)C1CC1. The summed E-state index contributed by atoms with van der Waals surface area (Å²) in [6.07, 6.45) is 6.37. The van der Waals surface area contributed by atoms with E-state index in [1.165, 1.54) is 6.42 Å². The van der Waals surface area contributed by atoms with Crippen LogP contribution in [0.4, 0.5) is 0 Å². The van der Waals surface area contributed by atoms with Crippen LogP contribution in [0.15, 0.2) is 0 Å². The van der Waals surface area contributed by atoms with Gasteiger partial charge in [0.1, 0.15) is 0 Å². The van der Waals surface area contributed by atoms with E-state index < -0.39 is 0 Å². The van der Waals surface area contributed by atoms with E-state index in [1.807, 2.05) is 4.90 Å². The van der Waals surface area contributed by atoms with Gasteiger partial charge in [0.25, 0.3) is 0 Å². The highest BCUT2D eigenvalue weighted by Gasteiger charge is 2.37. The summed E-state index contributed by atoms with van der Waals surface area (Å²) in [5, 5.41) is 0. The van der Waals surface area contributed by atoms with Crippen molar-refractivity contribution < 1.29 is 4.79 Å². The minimum Gasteiger partial charge on any atom is -0.393 e. The molecule has 2 fully saturated rings. The predicted octanol–water partition coefficient (Wildman–Crippen LogP) is 1.45. The Balaban J connectivity index is 1.86. The van der Waals surface area contributed by atoms with Crippen LogP contribution >= 0.6 is 12.2 Å². The fourth-order valence-corrected chi connectivity index (χ4v) is 2.07. The van der Waals surface area contributed by atoms with E-state index in [9.17, 15) is 4.79 Å². The molecule has 0 atom stereocenters. The molecule has 0 unspecified atom stereocenters. The molecule has 15 heavy (non-hydrogen) atoms. The van der Waals surface area contributed by atoms with E-state index in [0.717, 1.165) is 32.2 Å². The van der Waals surface area contributed by atoms with E-state index in [1.54, 1.807) is 0 Å². The smallest absolute Gasteiger partial charge is 0.225 e. The largest absolute Gasteiger partial charge is 0.393 e. The highest BCUT2D eigenvalue weighted by Crippen LogP contribution is 2.33. The van der Waals surface area contributed by atoms with E-state index in [0.29, 0.717) is 29.3 Å². The molecule has 4 heteroatoms. The normalized spacial score (nSPS) is 20.8. The van der Waals surface area contributed by atoms with E-state index >= 15 is 0 Å². The molecular formula is C11H18N2OS. The lowest BCUT2D eigenvalue weighted by molar-refractivity contribution is -0.138. The van der Waals surface area contributed by atoms with Gasteiger partial charge in [-0.15, -0.1) is 0 Å². The van der Waals surface area contributed by atoms with Crippen LogP contribution in [0.25, 0.3) is 0 Å². The van der Waals surface area contributed by atoms with Crippen molar-refractivity contribution in [1.29, 1.82) is 0 Å². The molecule has 0 aromatic heterocycles. The number of carbonyl (C=O) groups excluding carboxylic acids is 1. The Morgan fingerprint density at radius 2 is 2.00 bits per heavy atom. The summed E-state index contributed by atoms with van der Waals surface area (Å²) in [6.45, 7) is 0.731. The topological polar surface area (TPSA) is 46.3 Å². The van der Waals surface area contributed by atoms with Gasteiger partial charge in [-0.25, -0.2) is 0 Å². The van der Waals surface area contributed by atoms with Crippen LogP contribution in [0.1, 0.15) is 38.5 Å². The molecule has 0 bridgehead atoms. The van der Waals surface area contributed by atoms with Crippen molar-refractivity contribution in [3.05, 3.63) is 0 Å². The Bertz CT molecular complexity index is 272. The molecule has 0 heterocycles. The summed E-state index contributed by atoms with van der Waals surface area (Å²) in [5.74, 6) is 0.650. The first kappa shape index (κ1) is 10.9. The van der Waals surface area contributed by atoms with Gasteiger partial charge in [0.15, 0.2) is 0 Å². The zero-order valence-electron chi connectivity index (χ0n) is 8.95. The van der Waals surface area contributed by atoms with Crippen molar-refractivity contribution in [2.75, 3.05) is 6.54 Å². The molecule has 2 aliphatic rings. The Morgan fingerprint density at radius 1 is 1.33 bits per heavy atom. The Kier molecular flexibility index (Phi) is 3.24. The average molecular weight is 226 g/mol. The molecule has 0 aromatic carbocycles. The minimum absolute atomic E-state index is 0.303. The van der Waals surface area contributed by atoms with Gasteiger partial charge in [-0.05, 0) is 25.7 Å². The molecule has 84 valence electrons. The first-order valence-electron chi connectivity index (χ1n) is 5.77. The van der Waals surface area contributed by atoms with Crippen molar-refractivity contribution in [3.63, 3.8) is 0 Å². The number of hydrogen-bond donors (Lipinski definition) is 1. The quantitative estimate of drug-likeness (QED) is 0.722. The van der Waals surface area contributed by atoms with Crippen LogP contribution in [-0.2, 0) is 4.79 Å². The third-order valence-corrected chi connectivity index (χ3v) is 3.53. The van der Waals surface area contributed by atoms with Crippen LogP contribution in [0.5, 0.6) is 0 Å². The Hall–Kier alpha value is -0.640. The monoisotopic (exact) mass is 226 g/mol. The molecule has 2 aliphatic carbocycles. The number of carbonyl (C=O) groups is 1. The molecule has 2 N–H and O–H groups in total. The molecule has 0 spiro atoms. The second kappa shape index (κ2) is 4.47. The maximum Gasteiger partial charge on any atom is 0.225 e. The van der Waals surface area contributed by atoms with Gasteiger partial charge in [0.2, 0.25) is 5.91 Å². The van der Waals surface area contributed by atoms with Gasteiger partial charge in [-0.1, -0.05) is 18.6 Å². The Labute approximate surface area is 96.0 Å². The molecule has 0 aliphatic heterocycles. The van der Waals surface area contributed by atoms with Gasteiger partial charge >= 0.3 is 0 Å². The minimum atomic E-state index is 0.303. The van der Waals surface area contributed by atoms with Crippen LogP contribution in [0.2, 0.25) is 0 Å². The first-order valence-corrected chi connectivity index (χ1v) is 6.18. The second-order valence-corrected chi connectivity index (χ2v) is 5.13. The van der Waals surface area contributed by atoms with Crippen LogP contribution in [0, 0.1) is 5.92 Å². The number of nitrogens with two attached hydrogens (primary N) is 1. The summed E-state index contributed by atoms with van der Waals surface area (Å²) >= 11 is 4.86. The summed E-state index contributed by atoms with van der Waals surface area (Å²) < 4.78 is 0. The van der Waals surface area contributed by atoms with E-state index in [4.69, 9.17) is 18.0 Å². The summed E-state index contributed by atoms with van der Waals surface area (Å²) in [6, 6.07) is 0.493. The van der Waals surface area contributed by atoms with Crippen molar-refractivity contribution >= 4 is 23.1 Å². The lowest BCUT2D eigenvalue weighted by atomic mass is 9.84. The van der Waals surface area contributed by atoms with Crippen molar-refractivity contribution in [2.24, 2.45) is 11.7 Å². The van der Waals surface area contributed by atoms with Gasteiger partial charge in [0, 0.05) is 24.9 Å².